The van der Waals surface area contributed by atoms with Gasteiger partial charge >= 0.3 is 0 Å². The van der Waals surface area contributed by atoms with Crippen molar-refractivity contribution in [2.75, 3.05) is 0 Å². The second kappa shape index (κ2) is 2.86. The van der Waals surface area contributed by atoms with Crippen molar-refractivity contribution >= 4 is 0 Å². The second-order valence-electron chi connectivity index (χ2n) is 2.93. The summed E-state index contributed by atoms with van der Waals surface area (Å²) in [6.45, 7) is 5.89. The van der Waals surface area contributed by atoms with Gasteiger partial charge in [0.1, 0.15) is 0 Å². The smallest absolute Gasteiger partial charge is 0.0144 e. The van der Waals surface area contributed by atoms with Crippen LogP contribution in [0.5, 0.6) is 0 Å². The molecule has 0 spiro atoms. The van der Waals surface area contributed by atoms with Gasteiger partial charge in [0.05, 0.1) is 0 Å². The molecule has 0 bridgehead atoms. The van der Waals surface area contributed by atoms with Crippen molar-refractivity contribution in [2.24, 2.45) is 5.92 Å². The molecule has 0 aromatic carbocycles. The summed E-state index contributed by atoms with van der Waals surface area (Å²) in [6.07, 6.45) is 8.44. The first-order valence-corrected chi connectivity index (χ1v) is 3.60. The zero-order chi connectivity index (χ0) is 6.69. The average molecular weight is 122 g/mol. The Morgan fingerprint density at radius 3 is 2.78 bits per heavy atom. The molecule has 1 aliphatic carbocycles. The van der Waals surface area contributed by atoms with Crippen LogP contribution in [0.4, 0.5) is 0 Å². The van der Waals surface area contributed by atoms with Gasteiger partial charge in [-0.3, -0.25) is 0 Å². The predicted octanol–water partition coefficient (Wildman–Crippen LogP) is 2.92. The third kappa shape index (κ3) is 3.12. The van der Waals surface area contributed by atoms with Gasteiger partial charge in [0.25, 0.3) is 0 Å². The summed E-state index contributed by atoms with van der Waals surface area (Å²) < 4.78 is 0. The molecule has 1 saturated carbocycles. The van der Waals surface area contributed by atoms with Gasteiger partial charge < -0.3 is 0 Å². The summed E-state index contributed by atoms with van der Waals surface area (Å²) in [5.74, 6) is 0.921. The van der Waals surface area contributed by atoms with Gasteiger partial charge in [-0.05, 0) is 32.1 Å². The minimum Gasteiger partial charge on any atom is -0.0998 e. The highest BCUT2D eigenvalue weighted by atomic mass is 14.2. The molecule has 0 atom stereocenters. The van der Waals surface area contributed by atoms with Crippen LogP contribution in [-0.2, 0) is 0 Å². The highest BCUT2D eigenvalue weighted by Gasteiger charge is 2.16. The van der Waals surface area contributed by atoms with Crippen LogP contribution in [0.25, 0.3) is 0 Å². The Hall–Kier alpha value is -0.520. The van der Waals surface area contributed by atoms with Crippen molar-refractivity contribution in [1.29, 1.82) is 0 Å². The number of hydrogen-bond acceptors (Lipinski definition) is 0. The Bertz CT molecular complexity index is 127. The second-order valence-corrected chi connectivity index (χ2v) is 2.93. The average Bonchev–Trinajstić information content (AvgIpc) is 2.48. The van der Waals surface area contributed by atoms with Crippen LogP contribution in [0.15, 0.2) is 24.3 Å². The molecule has 0 amide bonds. The lowest BCUT2D eigenvalue weighted by molar-refractivity contribution is 1.09. The van der Waals surface area contributed by atoms with Crippen molar-refractivity contribution in [3.05, 3.63) is 24.3 Å². The van der Waals surface area contributed by atoms with Gasteiger partial charge in [0, 0.05) is 0 Å². The van der Waals surface area contributed by atoms with Gasteiger partial charge in [0.2, 0.25) is 0 Å². The van der Waals surface area contributed by atoms with Crippen LogP contribution in [0.2, 0.25) is 0 Å². The van der Waals surface area contributed by atoms with Crippen LogP contribution >= 0.6 is 0 Å². The number of rotatable bonds is 3. The van der Waals surface area contributed by atoms with Crippen LogP contribution in [-0.4, -0.2) is 0 Å². The lowest BCUT2D eigenvalue weighted by Crippen LogP contribution is -1.68. The Morgan fingerprint density at radius 2 is 2.33 bits per heavy atom. The first kappa shape index (κ1) is 6.60. The summed E-state index contributed by atoms with van der Waals surface area (Å²) >= 11 is 0. The summed E-state index contributed by atoms with van der Waals surface area (Å²) in [4.78, 5) is 0. The maximum absolute atomic E-state index is 3.82. The summed E-state index contributed by atoms with van der Waals surface area (Å²) in [5, 5.41) is 0. The van der Waals surface area contributed by atoms with E-state index in [9.17, 15) is 0 Å². The molecule has 1 aliphatic rings. The molecule has 1 fully saturated rings. The largest absolute Gasteiger partial charge is 0.0998 e. The lowest BCUT2D eigenvalue weighted by atomic mass is 10.2. The molecule has 0 heteroatoms. The highest BCUT2D eigenvalue weighted by molar-refractivity contribution is 5.03. The Morgan fingerprint density at radius 1 is 1.67 bits per heavy atom. The molecule has 0 unspecified atom stereocenters. The monoisotopic (exact) mass is 122 g/mol. The normalized spacial score (nSPS) is 18.8. The van der Waals surface area contributed by atoms with Gasteiger partial charge in [-0.25, -0.2) is 0 Å². The van der Waals surface area contributed by atoms with E-state index in [0.717, 1.165) is 12.3 Å². The fraction of sp³-hybridized carbons (Fsp3) is 0.556. The maximum Gasteiger partial charge on any atom is -0.0144 e. The highest BCUT2D eigenvalue weighted by Crippen LogP contribution is 2.30. The van der Waals surface area contributed by atoms with Crippen LogP contribution < -0.4 is 0 Å². The molecular weight excluding hydrogens is 108 g/mol. The fourth-order valence-electron chi connectivity index (χ4n) is 0.750. The van der Waals surface area contributed by atoms with E-state index in [0.29, 0.717) is 0 Å². The molecule has 9 heavy (non-hydrogen) atoms. The van der Waals surface area contributed by atoms with Gasteiger partial charge in [-0.15, -0.1) is 0 Å². The van der Waals surface area contributed by atoms with E-state index < -0.39 is 0 Å². The standard InChI is InChI=1S/C9H14/c1-8(2)4-3-5-9-6-7-9/h3,5,9H,1,4,6-7H2,2H3/b5-3-. The van der Waals surface area contributed by atoms with Crippen LogP contribution in [0.1, 0.15) is 26.2 Å². The molecule has 0 aromatic heterocycles. The van der Waals surface area contributed by atoms with E-state index in [1.807, 2.05) is 0 Å². The SMILES string of the molecule is C=C(C)C/C=C\C1CC1. The number of allylic oxidation sites excluding steroid dienone is 3. The molecule has 0 radical (unpaired) electrons. The first-order chi connectivity index (χ1) is 4.29. The molecule has 0 saturated heterocycles. The van der Waals surface area contributed by atoms with E-state index in [4.69, 9.17) is 0 Å². The van der Waals surface area contributed by atoms with Crippen LogP contribution in [0, 0.1) is 5.92 Å². The van der Waals surface area contributed by atoms with Gasteiger partial charge in [-0.1, -0.05) is 24.3 Å². The molecule has 0 nitrogen and oxygen atoms in total. The first-order valence-electron chi connectivity index (χ1n) is 3.60. The predicted molar refractivity (Wildman–Crippen MR) is 41.3 cm³/mol. The Balaban J connectivity index is 2.08. The molecular formula is C9H14. The fourth-order valence-corrected chi connectivity index (χ4v) is 0.750. The van der Waals surface area contributed by atoms with E-state index in [1.54, 1.807) is 0 Å². The van der Waals surface area contributed by atoms with E-state index in [2.05, 4.69) is 25.7 Å². The summed E-state index contributed by atoms with van der Waals surface area (Å²) in [7, 11) is 0. The third-order valence-corrected chi connectivity index (χ3v) is 1.50. The molecule has 0 aromatic rings. The zero-order valence-electron chi connectivity index (χ0n) is 6.06. The van der Waals surface area contributed by atoms with Crippen molar-refractivity contribution < 1.29 is 0 Å². The minimum atomic E-state index is 0.921. The summed E-state index contributed by atoms with van der Waals surface area (Å²) in [5.41, 5.74) is 1.26. The Kier molecular flexibility index (Phi) is 2.10. The molecule has 0 N–H and O–H groups in total. The van der Waals surface area contributed by atoms with Crippen molar-refractivity contribution in [2.45, 2.75) is 26.2 Å². The zero-order valence-corrected chi connectivity index (χ0v) is 6.06. The van der Waals surface area contributed by atoms with Crippen molar-refractivity contribution in [3.63, 3.8) is 0 Å². The quantitative estimate of drug-likeness (QED) is 0.505. The topological polar surface area (TPSA) is 0 Å². The Labute approximate surface area is 57.3 Å². The lowest BCUT2D eigenvalue weighted by Gasteiger charge is -1.87. The van der Waals surface area contributed by atoms with Gasteiger partial charge in [0.15, 0.2) is 0 Å². The molecule has 0 aliphatic heterocycles. The molecule has 0 heterocycles. The maximum atomic E-state index is 3.82. The third-order valence-electron chi connectivity index (χ3n) is 1.50. The van der Waals surface area contributed by atoms with Crippen LogP contribution in [0.3, 0.4) is 0 Å². The van der Waals surface area contributed by atoms with E-state index in [-0.39, 0.29) is 0 Å². The van der Waals surface area contributed by atoms with E-state index >= 15 is 0 Å². The molecule has 1 rings (SSSR count). The number of hydrogen-bond donors (Lipinski definition) is 0. The van der Waals surface area contributed by atoms with Gasteiger partial charge in [-0.2, -0.15) is 0 Å². The molecule has 50 valence electrons. The van der Waals surface area contributed by atoms with Crippen molar-refractivity contribution in [1.82, 2.24) is 0 Å². The van der Waals surface area contributed by atoms with Crippen molar-refractivity contribution in [3.8, 4) is 0 Å². The minimum absolute atomic E-state index is 0.921. The van der Waals surface area contributed by atoms with E-state index in [1.165, 1.54) is 18.4 Å². The summed E-state index contributed by atoms with van der Waals surface area (Å²) in [6, 6.07) is 0.